The van der Waals surface area contributed by atoms with Gasteiger partial charge in [-0.25, -0.2) is 13.6 Å². The van der Waals surface area contributed by atoms with Crippen LogP contribution >= 0.6 is 0 Å². The molecule has 5 heteroatoms. The van der Waals surface area contributed by atoms with E-state index < -0.39 is 17.6 Å². The number of aromatic carboxylic acids is 1. The van der Waals surface area contributed by atoms with Gasteiger partial charge in [-0.3, -0.25) is 0 Å². The van der Waals surface area contributed by atoms with E-state index in [1.54, 1.807) is 4.90 Å². The van der Waals surface area contributed by atoms with Gasteiger partial charge in [-0.1, -0.05) is 12.8 Å². The van der Waals surface area contributed by atoms with Gasteiger partial charge < -0.3 is 10.0 Å². The van der Waals surface area contributed by atoms with Gasteiger partial charge in [-0.2, -0.15) is 0 Å². The van der Waals surface area contributed by atoms with E-state index in [0.29, 0.717) is 6.54 Å². The van der Waals surface area contributed by atoms with Crippen molar-refractivity contribution >= 4 is 11.7 Å². The first-order valence-corrected chi connectivity index (χ1v) is 6.53. The van der Waals surface area contributed by atoms with Crippen LogP contribution in [0.5, 0.6) is 0 Å². The third kappa shape index (κ3) is 2.69. The predicted molar refractivity (Wildman–Crippen MR) is 68.6 cm³/mol. The van der Waals surface area contributed by atoms with Crippen LogP contribution in [0.25, 0.3) is 0 Å². The number of hydrogen-bond acceptors (Lipinski definition) is 2. The Morgan fingerprint density at radius 3 is 2.26 bits per heavy atom. The van der Waals surface area contributed by atoms with E-state index in [9.17, 15) is 13.6 Å². The zero-order chi connectivity index (χ0) is 14.0. The number of carboxylic acid groups (broad SMARTS) is 1. The molecule has 1 N–H and O–H groups in total. The summed E-state index contributed by atoms with van der Waals surface area (Å²) < 4.78 is 28.0. The number of anilines is 1. The maximum atomic E-state index is 14.0. The third-order valence-electron chi connectivity index (χ3n) is 3.66. The predicted octanol–water partition coefficient (Wildman–Crippen LogP) is 3.43. The van der Waals surface area contributed by atoms with Crippen molar-refractivity contribution in [2.24, 2.45) is 0 Å². The summed E-state index contributed by atoms with van der Waals surface area (Å²) in [7, 11) is 0. The number of hydrogen-bond donors (Lipinski definition) is 1. The van der Waals surface area contributed by atoms with Crippen LogP contribution in [-0.2, 0) is 0 Å². The Labute approximate surface area is 110 Å². The van der Waals surface area contributed by atoms with E-state index in [1.807, 2.05) is 6.92 Å². The molecule has 0 radical (unpaired) electrons. The van der Waals surface area contributed by atoms with Crippen molar-refractivity contribution in [3.05, 3.63) is 29.3 Å². The summed E-state index contributed by atoms with van der Waals surface area (Å²) in [6, 6.07) is 1.92. The molecule has 19 heavy (non-hydrogen) atoms. The summed E-state index contributed by atoms with van der Waals surface area (Å²) in [4.78, 5) is 12.5. The second kappa shape index (κ2) is 5.55. The molecule has 0 amide bonds. The van der Waals surface area contributed by atoms with Crippen molar-refractivity contribution < 1.29 is 18.7 Å². The average Bonchev–Trinajstić information content (AvgIpc) is 2.86. The lowest BCUT2D eigenvalue weighted by Crippen LogP contribution is -2.34. The molecule has 1 aliphatic carbocycles. The van der Waals surface area contributed by atoms with Crippen molar-refractivity contribution in [2.45, 2.75) is 38.6 Å². The maximum absolute atomic E-state index is 14.0. The minimum Gasteiger partial charge on any atom is -0.478 e. The molecule has 0 atom stereocenters. The molecule has 0 heterocycles. The molecule has 0 aliphatic heterocycles. The van der Waals surface area contributed by atoms with Crippen LogP contribution in [0, 0.1) is 11.6 Å². The minimum absolute atomic E-state index is 0.0978. The van der Waals surface area contributed by atoms with E-state index in [-0.39, 0.29) is 17.3 Å². The highest BCUT2D eigenvalue weighted by Gasteiger charge is 2.27. The Hall–Kier alpha value is -1.65. The van der Waals surface area contributed by atoms with Gasteiger partial charge in [-0.15, -0.1) is 0 Å². The average molecular weight is 269 g/mol. The topological polar surface area (TPSA) is 40.5 Å². The van der Waals surface area contributed by atoms with E-state index >= 15 is 0 Å². The molecule has 1 aromatic rings. The normalized spacial score (nSPS) is 15.7. The fourth-order valence-electron chi connectivity index (χ4n) is 2.78. The molecule has 1 saturated carbocycles. The van der Waals surface area contributed by atoms with Crippen LogP contribution in [0.2, 0.25) is 0 Å². The molecule has 0 unspecified atom stereocenters. The molecule has 0 spiro atoms. The highest BCUT2D eigenvalue weighted by Crippen LogP contribution is 2.32. The number of carboxylic acids is 1. The lowest BCUT2D eigenvalue weighted by Gasteiger charge is -2.30. The fraction of sp³-hybridized carbons (Fsp3) is 0.500. The Kier molecular flexibility index (Phi) is 4.02. The molecule has 3 nitrogen and oxygen atoms in total. The second-order valence-electron chi connectivity index (χ2n) is 4.82. The van der Waals surface area contributed by atoms with E-state index in [4.69, 9.17) is 5.11 Å². The number of carbonyl (C=O) groups is 1. The molecular formula is C14H17F2NO2. The first kappa shape index (κ1) is 13.8. The third-order valence-corrected chi connectivity index (χ3v) is 3.66. The van der Waals surface area contributed by atoms with Gasteiger partial charge in [0.1, 0.15) is 17.3 Å². The molecule has 1 aromatic carbocycles. The Morgan fingerprint density at radius 1 is 1.32 bits per heavy atom. The summed E-state index contributed by atoms with van der Waals surface area (Å²) in [5.41, 5.74) is -0.458. The molecule has 2 rings (SSSR count). The molecule has 1 fully saturated rings. The van der Waals surface area contributed by atoms with Crippen LogP contribution in [-0.4, -0.2) is 23.7 Å². The minimum atomic E-state index is -1.33. The first-order chi connectivity index (χ1) is 9.04. The number of benzene rings is 1. The van der Waals surface area contributed by atoms with Crippen molar-refractivity contribution in [3.63, 3.8) is 0 Å². The summed E-state index contributed by atoms with van der Waals surface area (Å²) in [5.74, 6) is -2.93. The smallest absolute Gasteiger partial charge is 0.335 e. The molecule has 0 saturated heterocycles. The Bertz CT molecular complexity index is 461. The summed E-state index contributed by atoms with van der Waals surface area (Å²) in [6.07, 6.45) is 3.98. The van der Waals surface area contributed by atoms with Crippen molar-refractivity contribution in [1.29, 1.82) is 0 Å². The molecule has 0 bridgehead atoms. The van der Waals surface area contributed by atoms with Crippen LogP contribution in [0.1, 0.15) is 43.0 Å². The quantitative estimate of drug-likeness (QED) is 0.910. The Balaban J connectivity index is 2.39. The SMILES string of the molecule is CCN(c1c(F)cc(C(=O)O)cc1F)C1CCCC1. The van der Waals surface area contributed by atoms with Crippen molar-refractivity contribution in [1.82, 2.24) is 0 Å². The summed E-state index contributed by atoms with van der Waals surface area (Å²) in [6.45, 7) is 2.35. The van der Waals surface area contributed by atoms with Gasteiger partial charge in [0, 0.05) is 12.6 Å². The highest BCUT2D eigenvalue weighted by atomic mass is 19.1. The van der Waals surface area contributed by atoms with Gasteiger partial charge in [0.05, 0.1) is 5.56 Å². The second-order valence-corrected chi connectivity index (χ2v) is 4.82. The zero-order valence-corrected chi connectivity index (χ0v) is 10.8. The standard InChI is InChI=1S/C14H17F2NO2/c1-2-17(10-5-3-4-6-10)13-11(15)7-9(14(18)19)8-12(13)16/h7-8,10H,2-6H2,1H3,(H,18,19). The number of nitrogens with zero attached hydrogens (tertiary/aromatic N) is 1. The number of rotatable bonds is 4. The van der Waals surface area contributed by atoms with Gasteiger partial charge in [0.25, 0.3) is 0 Å². The fourth-order valence-corrected chi connectivity index (χ4v) is 2.78. The van der Waals surface area contributed by atoms with Gasteiger partial charge >= 0.3 is 5.97 Å². The first-order valence-electron chi connectivity index (χ1n) is 6.53. The summed E-state index contributed by atoms with van der Waals surface area (Å²) >= 11 is 0. The lowest BCUT2D eigenvalue weighted by molar-refractivity contribution is 0.0696. The van der Waals surface area contributed by atoms with Crippen molar-refractivity contribution in [2.75, 3.05) is 11.4 Å². The summed E-state index contributed by atoms with van der Waals surface area (Å²) in [5, 5.41) is 8.78. The maximum Gasteiger partial charge on any atom is 0.335 e. The van der Waals surface area contributed by atoms with E-state index in [0.717, 1.165) is 37.8 Å². The van der Waals surface area contributed by atoms with Crippen LogP contribution in [0.3, 0.4) is 0 Å². The van der Waals surface area contributed by atoms with E-state index in [1.165, 1.54) is 0 Å². The molecular weight excluding hydrogens is 252 g/mol. The monoisotopic (exact) mass is 269 g/mol. The highest BCUT2D eigenvalue weighted by molar-refractivity contribution is 5.88. The van der Waals surface area contributed by atoms with E-state index in [2.05, 4.69) is 0 Å². The Morgan fingerprint density at radius 2 is 1.84 bits per heavy atom. The van der Waals surface area contributed by atoms with Gasteiger partial charge in [0.2, 0.25) is 0 Å². The largest absolute Gasteiger partial charge is 0.478 e. The molecule has 1 aliphatic rings. The van der Waals surface area contributed by atoms with Crippen LogP contribution in [0.15, 0.2) is 12.1 Å². The van der Waals surface area contributed by atoms with Crippen molar-refractivity contribution in [3.8, 4) is 0 Å². The molecule has 104 valence electrons. The zero-order valence-electron chi connectivity index (χ0n) is 10.8. The number of halogens is 2. The van der Waals surface area contributed by atoms with Gasteiger partial charge in [0.15, 0.2) is 0 Å². The van der Waals surface area contributed by atoms with Crippen LogP contribution < -0.4 is 4.90 Å². The molecule has 0 aromatic heterocycles. The van der Waals surface area contributed by atoms with Crippen LogP contribution in [0.4, 0.5) is 14.5 Å². The van der Waals surface area contributed by atoms with Gasteiger partial charge in [-0.05, 0) is 31.9 Å². The lowest BCUT2D eigenvalue weighted by atomic mass is 10.1.